The van der Waals surface area contributed by atoms with Crippen LogP contribution in [-0.2, 0) is 6.42 Å². The van der Waals surface area contributed by atoms with E-state index in [1.807, 2.05) is 79.7 Å². The van der Waals surface area contributed by atoms with Gasteiger partial charge >= 0.3 is 6.01 Å². The Morgan fingerprint density at radius 2 is 1.65 bits per heavy atom. The molecule has 0 bridgehead atoms. The summed E-state index contributed by atoms with van der Waals surface area (Å²) in [5.41, 5.74) is 5.56. The number of carbonyl (C=O) groups is 1. The van der Waals surface area contributed by atoms with Gasteiger partial charge in [-0.25, -0.2) is 4.68 Å². The highest BCUT2D eigenvalue weighted by molar-refractivity contribution is 6.04. The molecule has 0 unspecified atom stereocenters. The molecule has 1 N–H and O–H groups in total. The van der Waals surface area contributed by atoms with E-state index in [2.05, 4.69) is 22.3 Å². The van der Waals surface area contributed by atoms with E-state index in [9.17, 15) is 4.79 Å². The molecule has 0 aliphatic carbocycles. The fraction of sp³-hybridized carbons (Fsp3) is 0.250. The van der Waals surface area contributed by atoms with Gasteiger partial charge in [-0.3, -0.25) is 4.79 Å². The standard InChI is InChI=1S/C28H30N4O2/c1-4-5-6-7-21-10-14-23(15-11-21)27(33)29-24-16-18-25(19-17-24)32-26(30-28(31-32)34-3)22-12-8-20(2)9-13-22/h8-19H,4-7H2,1-3H3,(H,29,33). The molecule has 3 aromatic carbocycles. The van der Waals surface area contributed by atoms with Crippen molar-refractivity contribution in [3.8, 4) is 23.1 Å². The number of anilines is 1. The third kappa shape index (κ3) is 5.52. The highest BCUT2D eigenvalue weighted by Gasteiger charge is 2.14. The van der Waals surface area contributed by atoms with Gasteiger partial charge in [0.15, 0.2) is 5.82 Å². The average Bonchev–Trinajstić information content (AvgIpc) is 3.30. The Bertz CT molecular complexity index is 1230. The quantitative estimate of drug-likeness (QED) is 0.304. The van der Waals surface area contributed by atoms with Crippen molar-refractivity contribution in [2.75, 3.05) is 12.4 Å². The van der Waals surface area contributed by atoms with Crippen LogP contribution in [0.4, 0.5) is 5.69 Å². The lowest BCUT2D eigenvalue weighted by Gasteiger charge is -2.09. The van der Waals surface area contributed by atoms with Gasteiger partial charge in [-0.1, -0.05) is 61.7 Å². The van der Waals surface area contributed by atoms with Gasteiger partial charge in [-0.15, -0.1) is 5.10 Å². The van der Waals surface area contributed by atoms with Crippen LogP contribution >= 0.6 is 0 Å². The highest BCUT2D eigenvalue weighted by atomic mass is 16.5. The second-order valence-electron chi connectivity index (χ2n) is 8.35. The number of hydrogen-bond donors (Lipinski definition) is 1. The minimum atomic E-state index is -0.129. The first kappa shape index (κ1) is 23.2. The molecule has 4 aromatic rings. The van der Waals surface area contributed by atoms with Gasteiger partial charge < -0.3 is 10.1 Å². The van der Waals surface area contributed by atoms with E-state index in [1.54, 1.807) is 11.8 Å². The maximum absolute atomic E-state index is 12.7. The molecule has 1 aromatic heterocycles. The van der Waals surface area contributed by atoms with Crippen LogP contribution in [0.25, 0.3) is 17.1 Å². The number of aryl methyl sites for hydroxylation is 2. The Morgan fingerprint density at radius 3 is 2.29 bits per heavy atom. The van der Waals surface area contributed by atoms with E-state index in [0.717, 1.165) is 17.7 Å². The lowest BCUT2D eigenvalue weighted by Crippen LogP contribution is -2.12. The van der Waals surface area contributed by atoms with Gasteiger partial charge in [0, 0.05) is 16.8 Å². The van der Waals surface area contributed by atoms with Crippen LogP contribution in [0.1, 0.15) is 47.7 Å². The minimum Gasteiger partial charge on any atom is -0.466 e. The molecular weight excluding hydrogens is 424 g/mol. The van der Waals surface area contributed by atoms with Crippen molar-refractivity contribution in [3.05, 3.63) is 89.5 Å². The molecule has 0 aliphatic rings. The van der Waals surface area contributed by atoms with Crippen molar-refractivity contribution in [1.82, 2.24) is 14.8 Å². The molecule has 0 atom stereocenters. The first-order chi connectivity index (χ1) is 16.6. The Hall–Kier alpha value is -3.93. The zero-order valence-corrected chi connectivity index (χ0v) is 19.9. The van der Waals surface area contributed by atoms with Gasteiger partial charge in [-0.05, 0) is 61.7 Å². The summed E-state index contributed by atoms with van der Waals surface area (Å²) in [6, 6.07) is 23.8. The van der Waals surface area contributed by atoms with Crippen molar-refractivity contribution in [1.29, 1.82) is 0 Å². The largest absolute Gasteiger partial charge is 0.466 e. The number of hydrogen-bond acceptors (Lipinski definition) is 4. The molecule has 6 heteroatoms. The van der Waals surface area contributed by atoms with E-state index >= 15 is 0 Å². The molecule has 174 valence electrons. The minimum absolute atomic E-state index is 0.129. The first-order valence-electron chi connectivity index (χ1n) is 11.7. The molecule has 0 saturated carbocycles. The second kappa shape index (κ2) is 10.8. The zero-order valence-electron chi connectivity index (χ0n) is 19.9. The van der Waals surface area contributed by atoms with Crippen LogP contribution in [0.5, 0.6) is 6.01 Å². The van der Waals surface area contributed by atoms with Crippen molar-refractivity contribution >= 4 is 11.6 Å². The zero-order chi connectivity index (χ0) is 23.9. The average molecular weight is 455 g/mol. The number of unbranched alkanes of at least 4 members (excludes halogenated alkanes) is 2. The predicted octanol–water partition coefficient (Wildman–Crippen LogP) is 6.24. The molecule has 6 nitrogen and oxygen atoms in total. The van der Waals surface area contributed by atoms with Crippen LogP contribution in [0.2, 0.25) is 0 Å². The van der Waals surface area contributed by atoms with Crippen molar-refractivity contribution in [3.63, 3.8) is 0 Å². The fourth-order valence-corrected chi connectivity index (χ4v) is 3.74. The van der Waals surface area contributed by atoms with E-state index in [4.69, 9.17) is 4.74 Å². The first-order valence-corrected chi connectivity index (χ1v) is 11.7. The van der Waals surface area contributed by atoms with Crippen molar-refractivity contribution in [2.24, 2.45) is 0 Å². The molecule has 34 heavy (non-hydrogen) atoms. The molecule has 0 saturated heterocycles. The third-order valence-electron chi connectivity index (χ3n) is 5.73. The summed E-state index contributed by atoms with van der Waals surface area (Å²) in [5, 5.41) is 7.44. The van der Waals surface area contributed by atoms with Crippen LogP contribution in [-0.4, -0.2) is 27.8 Å². The summed E-state index contributed by atoms with van der Waals surface area (Å²) >= 11 is 0. The van der Waals surface area contributed by atoms with Gasteiger partial charge in [0.2, 0.25) is 0 Å². The van der Waals surface area contributed by atoms with Crippen LogP contribution in [0.15, 0.2) is 72.8 Å². The molecule has 0 radical (unpaired) electrons. The molecule has 0 spiro atoms. The smallest absolute Gasteiger partial charge is 0.336 e. The Labute approximate surface area is 200 Å². The van der Waals surface area contributed by atoms with Gasteiger partial charge in [-0.2, -0.15) is 4.98 Å². The fourth-order valence-electron chi connectivity index (χ4n) is 3.74. The maximum atomic E-state index is 12.7. The Kier molecular flexibility index (Phi) is 7.38. The molecule has 0 aliphatic heterocycles. The van der Waals surface area contributed by atoms with Crippen LogP contribution in [0, 0.1) is 6.92 Å². The number of carbonyl (C=O) groups excluding carboxylic acids is 1. The summed E-state index contributed by atoms with van der Waals surface area (Å²) in [6.07, 6.45) is 4.66. The van der Waals surface area contributed by atoms with Crippen molar-refractivity contribution in [2.45, 2.75) is 39.5 Å². The van der Waals surface area contributed by atoms with E-state index in [1.165, 1.54) is 30.4 Å². The molecule has 1 heterocycles. The van der Waals surface area contributed by atoms with E-state index in [-0.39, 0.29) is 5.91 Å². The third-order valence-corrected chi connectivity index (χ3v) is 5.73. The van der Waals surface area contributed by atoms with Crippen LogP contribution < -0.4 is 10.1 Å². The van der Waals surface area contributed by atoms with Crippen LogP contribution in [0.3, 0.4) is 0 Å². The summed E-state index contributed by atoms with van der Waals surface area (Å²) in [4.78, 5) is 17.2. The Morgan fingerprint density at radius 1 is 0.941 bits per heavy atom. The molecule has 4 rings (SSSR count). The topological polar surface area (TPSA) is 69.0 Å². The number of amides is 1. The predicted molar refractivity (Wildman–Crippen MR) is 136 cm³/mol. The number of benzene rings is 3. The summed E-state index contributed by atoms with van der Waals surface area (Å²) in [5.74, 6) is 0.559. The number of methoxy groups -OCH3 is 1. The van der Waals surface area contributed by atoms with Crippen molar-refractivity contribution < 1.29 is 9.53 Å². The number of aromatic nitrogens is 3. The molecule has 1 amide bonds. The maximum Gasteiger partial charge on any atom is 0.336 e. The summed E-state index contributed by atoms with van der Waals surface area (Å²) in [6.45, 7) is 4.25. The Balaban J connectivity index is 1.48. The number of rotatable bonds is 9. The van der Waals surface area contributed by atoms with Gasteiger partial charge in [0.1, 0.15) is 0 Å². The number of ether oxygens (including phenoxy) is 1. The van der Waals surface area contributed by atoms with E-state index in [0.29, 0.717) is 23.1 Å². The lowest BCUT2D eigenvalue weighted by molar-refractivity contribution is 0.102. The molecule has 0 fully saturated rings. The lowest BCUT2D eigenvalue weighted by atomic mass is 10.1. The van der Waals surface area contributed by atoms with Gasteiger partial charge in [0.25, 0.3) is 5.91 Å². The normalized spacial score (nSPS) is 10.8. The summed E-state index contributed by atoms with van der Waals surface area (Å²) in [7, 11) is 1.55. The SMILES string of the molecule is CCCCCc1ccc(C(=O)Nc2ccc(-n3nc(OC)nc3-c3ccc(C)cc3)cc2)cc1. The number of nitrogens with one attached hydrogen (secondary N) is 1. The molecular formula is C28H30N4O2. The number of nitrogens with zero attached hydrogens (tertiary/aromatic N) is 3. The second-order valence-corrected chi connectivity index (χ2v) is 8.35. The monoisotopic (exact) mass is 454 g/mol. The summed E-state index contributed by atoms with van der Waals surface area (Å²) < 4.78 is 7.01. The highest BCUT2D eigenvalue weighted by Crippen LogP contribution is 2.25. The van der Waals surface area contributed by atoms with E-state index < -0.39 is 0 Å². The van der Waals surface area contributed by atoms with Gasteiger partial charge in [0.05, 0.1) is 12.8 Å².